The van der Waals surface area contributed by atoms with Gasteiger partial charge in [0, 0.05) is 50.8 Å². The normalized spacial score (nSPS) is 15.3. The number of pyridine rings is 2. The van der Waals surface area contributed by atoms with Crippen LogP contribution in [0.4, 0.5) is 5.82 Å². The number of amides is 2. The highest BCUT2D eigenvalue weighted by Crippen LogP contribution is 2.15. The van der Waals surface area contributed by atoms with Crippen LogP contribution in [-0.4, -0.2) is 58.9 Å². The minimum Gasteiger partial charge on any atom is -0.353 e. The Morgan fingerprint density at radius 2 is 1.89 bits per heavy atom. The molecule has 1 fully saturated rings. The van der Waals surface area contributed by atoms with E-state index in [1.165, 1.54) is 12.4 Å². The minimum absolute atomic E-state index is 0.0801. The van der Waals surface area contributed by atoms with Gasteiger partial charge in [0.25, 0.3) is 11.8 Å². The highest BCUT2D eigenvalue weighted by molar-refractivity contribution is 5.99. The van der Waals surface area contributed by atoms with Crippen molar-refractivity contribution in [2.45, 2.75) is 26.3 Å². The van der Waals surface area contributed by atoms with Crippen LogP contribution in [0.3, 0.4) is 0 Å². The molecular formula is C20H25N5O2. The molecule has 1 N–H and O–H groups in total. The minimum atomic E-state index is -0.202. The molecule has 1 saturated heterocycles. The van der Waals surface area contributed by atoms with Crippen molar-refractivity contribution in [3.63, 3.8) is 0 Å². The summed E-state index contributed by atoms with van der Waals surface area (Å²) in [4.78, 5) is 37.5. The Morgan fingerprint density at radius 3 is 2.56 bits per heavy atom. The first-order chi connectivity index (χ1) is 13.1. The summed E-state index contributed by atoms with van der Waals surface area (Å²) >= 11 is 0. The molecule has 0 bridgehead atoms. The van der Waals surface area contributed by atoms with Crippen molar-refractivity contribution in [1.29, 1.82) is 0 Å². The second kappa shape index (κ2) is 8.62. The van der Waals surface area contributed by atoms with E-state index in [-0.39, 0.29) is 17.9 Å². The van der Waals surface area contributed by atoms with E-state index in [1.54, 1.807) is 17.2 Å². The summed E-state index contributed by atoms with van der Waals surface area (Å²) in [7, 11) is 0. The van der Waals surface area contributed by atoms with Crippen LogP contribution in [0, 0.1) is 0 Å². The zero-order valence-electron chi connectivity index (χ0n) is 15.8. The van der Waals surface area contributed by atoms with E-state index in [0.717, 1.165) is 25.3 Å². The number of aromatic nitrogens is 2. The van der Waals surface area contributed by atoms with Crippen LogP contribution in [-0.2, 0) is 0 Å². The Bertz CT molecular complexity index is 788. The van der Waals surface area contributed by atoms with E-state index in [4.69, 9.17) is 0 Å². The van der Waals surface area contributed by atoms with Crippen molar-refractivity contribution in [3.8, 4) is 0 Å². The second-order valence-electron chi connectivity index (χ2n) is 6.71. The molecule has 2 amide bonds. The number of carbonyl (C=O) groups excluding carboxylic acids is 2. The summed E-state index contributed by atoms with van der Waals surface area (Å²) < 4.78 is 0. The van der Waals surface area contributed by atoms with Gasteiger partial charge in [-0.05, 0) is 31.5 Å². The molecule has 1 unspecified atom stereocenters. The summed E-state index contributed by atoms with van der Waals surface area (Å²) in [5, 5.41) is 2.90. The van der Waals surface area contributed by atoms with Crippen molar-refractivity contribution in [2.24, 2.45) is 0 Å². The fourth-order valence-corrected chi connectivity index (χ4v) is 2.95. The van der Waals surface area contributed by atoms with Gasteiger partial charge in [0.1, 0.15) is 5.82 Å². The van der Waals surface area contributed by atoms with Gasteiger partial charge in [-0.25, -0.2) is 4.98 Å². The number of hydrogen-bond acceptors (Lipinski definition) is 5. The molecule has 2 aromatic heterocycles. The van der Waals surface area contributed by atoms with E-state index in [9.17, 15) is 9.59 Å². The number of nitrogens with zero attached hydrogens (tertiary/aromatic N) is 4. The van der Waals surface area contributed by atoms with E-state index in [2.05, 4.69) is 20.2 Å². The topological polar surface area (TPSA) is 78.4 Å². The first-order valence-electron chi connectivity index (χ1n) is 9.29. The van der Waals surface area contributed by atoms with Gasteiger partial charge in [0.2, 0.25) is 0 Å². The first-order valence-corrected chi connectivity index (χ1v) is 9.29. The second-order valence-corrected chi connectivity index (χ2v) is 6.71. The highest BCUT2D eigenvalue weighted by atomic mass is 16.2. The quantitative estimate of drug-likeness (QED) is 0.874. The summed E-state index contributed by atoms with van der Waals surface area (Å²) in [6.45, 7) is 6.63. The van der Waals surface area contributed by atoms with Gasteiger partial charge in [0.15, 0.2) is 0 Å². The van der Waals surface area contributed by atoms with Gasteiger partial charge in [-0.2, -0.15) is 0 Å². The van der Waals surface area contributed by atoms with Gasteiger partial charge in [-0.15, -0.1) is 0 Å². The molecule has 0 saturated carbocycles. The SMILES string of the molecule is CCC(C)NC(=O)c1cncc(C(=O)N2CCN(c3ccccn3)CC2)c1. The number of piperazine rings is 1. The maximum Gasteiger partial charge on any atom is 0.255 e. The molecule has 2 aromatic rings. The molecule has 7 nitrogen and oxygen atoms in total. The molecule has 27 heavy (non-hydrogen) atoms. The molecular weight excluding hydrogens is 342 g/mol. The molecule has 7 heteroatoms. The monoisotopic (exact) mass is 367 g/mol. The van der Waals surface area contributed by atoms with E-state index < -0.39 is 0 Å². The Balaban J connectivity index is 1.63. The number of nitrogens with one attached hydrogen (secondary N) is 1. The molecule has 1 atom stereocenters. The van der Waals surface area contributed by atoms with Gasteiger partial charge in [0.05, 0.1) is 11.1 Å². The molecule has 0 aliphatic carbocycles. The maximum absolute atomic E-state index is 12.8. The molecule has 1 aliphatic rings. The average Bonchev–Trinajstić information content (AvgIpc) is 2.74. The van der Waals surface area contributed by atoms with Crippen molar-refractivity contribution < 1.29 is 9.59 Å². The largest absolute Gasteiger partial charge is 0.353 e. The third-order valence-corrected chi connectivity index (χ3v) is 4.78. The zero-order valence-corrected chi connectivity index (χ0v) is 15.8. The first kappa shape index (κ1) is 18.8. The molecule has 3 rings (SSSR count). The van der Waals surface area contributed by atoms with Crippen molar-refractivity contribution in [2.75, 3.05) is 31.1 Å². The molecule has 142 valence electrons. The molecule has 0 spiro atoms. The number of carbonyl (C=O) groups is 2. The van der Waals surface area contributed by atoms with Crippen LogP contribution in [0.2, 0.25) is 0 Å². The maximum atomic E-state index is 12.8. The molecule has 0 radical (unpaired) electrons. The Hall–Kier alpha value is -2.96. The van der Waals surface area contributed by atoms with E-state index >= 15 is 0 Å². The fraction of sp³-hybridized carbons (Fsp3) is 0.400. The average molecular weight is 367 g/mol. The number of rotatable bonds is 5. The van der Waals surface area contributed by atoms with Gasteiger partial charge < -0.3 is 15.1 Å². The zero-order chi connectivity index (χ0) is 19.2. The lowest BCUT2D eigenvalue weighted by molar-refractivity contribution is 0.0746. The van der Waals surface area contributed by atoms with E-state index in [1.807, 2.05) is 32.0 Å². The van der Waals surface area contributed by atoms with Crippen molar-refractivity contribution in [1.82, 2.24) is 20.2 Å². The van der Waals surface area contributed by atoms with Crippen LogP contribution >= 0.6 is 0 Å². The lowest BCUT2D eigenvalue weighted by Crippen LogP contribution is -2.49. The van der Waals surface area contributed by atoms with Crippen LogP contribution in [0.1, 0.15) is 41.0 Å². The number of anilines is 1. The van der Waals surface area contributed by atoms with Gasteiger partial charge >= 0.3 is 0 Å². The summed E-state index contributed by atoms with van der Waals surface area (Å²) in [5.74, 6) is 0.628. The summed E-state index contributed by atoms with van der Waals surface area (Å²) in [6.07, 6.45) is 5.63. The highest BCUT2D eigenvalue weighted by Gasteiger charge is 2.23. The Labute approximate surface area is 159 Å². The molecule has 1 aliphatic heterocycles. The number of hydrogen-bond donors (Lipinski definition) is 1. The lowest BCUT2D eigenvalue weighted by atomic mass is 10.1. The standard InChI is InChI=1S/C20H25N5O2/c1-3-15(2)23-19(26)16-12-17(14-21-13-16)20(27)25-10-8-24(9-11-25)18-6-4-5-7-22-18/h4-7,12-15H,3,8-11H2,1-2H3,(H,23,26). The fourth-order valence-electron chi connectivity index (χ4n) is 2.95. The van der Waals surface area contributed by atoms with Crippen LogP contribution in [0.25, 0.3) is 0 Å². The predicted octanol–water partition coefficient (Wildman–Crippen LogP) is 1.97. The Morgan fingerprint density at radius 1 is 1.15 bits per heavy atom. The van der Waals surface area contributed by atoms with Gasteiger partial charge in [-0.3, -0.25) is 14.6 Å². The Kier molecular flexibility index (Phi) is 6.01. The van der Waals surface area contributed by atoms with E-state index in [0.29, 0.717) is 24.2 Å². The summed E-state index contributed by atoms with van der Waals surface area (Å²) in [6, 6.07) is 7.53. The third-order valence-electron chi connectivity index (χ3n) is 4.78. The van der Waals surface area contributed by atoms with Gasteiger partial charge in [-0.1, -0.05) is 13.0 Å². The van der Waals surface area contributed by atoms with Crippen molar-refractivity contribution in [3.05, 3.63) is 54.0 Å². The molecule has 0 aromatic carbocycles. The predicted molar refractivity (Wildman–Crippen MR) is 104 cm³/mol. The molecule has 3 heterocycles. The van der Waals surface area contributed by atoms with Crippen LogP contribution < -0.4 is 10.2 Å². The summed E-state index contributed by atoms with van der Waals surface area (Å²) in [5.41, 5.74) is 0.853. The smallest absolute Gasteiger partial charge is 0.255 e. The third kappa shape index (κ3) is 4.61. The van der Waals surface area contributed by atoms with Crippen LogP contribution in [0.15, 0.2) is 42.9 Å². The van der Waals surface area contributed by atoms with Crippen molar-refractivity contribution >= 4 is 17.6 Å². The van der Waals surface area contributed by atoms with Crippen LogP contribution in [0.5, 0.6) is 0 Å². The lowest BCUT2D eigenvalue weighted by Gasteiger charge is -2.35.